The van der Waals surface area contributed by atoms with Crippen molar-refractivity contribution in [1.29, 1.82) is 0 Å². The fourth-order valence-electron chi connectivity index (χ4n) is 3.19. The highest BCUT2D eigenvalue weighted by Gasteiger charge is 2.30. The van der Waals surface area contributed by atoms with Gasteiger partial charge in [0.25, 0.3) is 5.91 Å². The van der Waals surface area contributed by atoms with Crippen LogP contribution in [0.5, 0.6) is 11.5 Å². The molecule has 0 unspecified atom stereocenters. The van der Waals surface area contributed by atoms with Crippen molar-refractivity contribution in [3.05, 3.63) is 53.9 Å². The number of benzene rings is 1. The monoisotopic (exact) mass is 370 g/mol. The van der Waals surface area contributed by atoms with Crippen LogP contribution in [0.1, 0.15) is 29.8 Å². The molecule has 2 heterocycles. The van der Waals surface area contributed by atoms with Crippen molar-refractivity contribution < 1.29 is 19.0 Å². The van der Waals surface area contributed by atoms with E-state index >= 15 is 0 Å². The Morgan fingerprint density at radius 3 is 2.70 bits per heavy atom. The topological polar surface area (TPSA) is 69.7 Å². The minimum atomic E-state index is -0.139. The molecule has 6 nitrogen and oxygen atoms in total. The minimum Gasteiger partial charge on any atom is -0.493 e. The maximum absolute atomic E-state index is 12.7. The van der Waals surface area contributed by atoms with Crippen LogP contribution in [-0.2, 0) is 11.2 Å². The third-order valence-corrected chi connectivity index (χ3v) is 4.55. The summed E-state index contributed by atoms with van der Waals surface area (Å²) in [5.41, 5.74) is 1.73. The van der Waals surface area contributed by atoms with Gasteiger partial charge in [0.15, 0.2) is 11.5 Å². The van der Waals surface area contributed by atoms with E-state index in [4.69, 9.17) is 14.2 Å². The molecule has 6 heteroatoms. The first-order valence-electron chi connectivity index (χ1n) is 9.19. The first-order valence-corrected chi connectivity index (χ1v) is 9.19. The Morgan fingerprint density at radius 1 is 1.22 bits per heavy atom. The molecular formula is C21H26N2O4. The van der Waals surface area contributed by atoms with Gasteiger partial charge in [-0.05, 0) is 56.2 Å². The van der Waals surface area contributed by atoms with E-state index in [1.54, 1.807) is 37.7 Å². The Kier molecular flexibility index (Phi) is 6.29. The van der Waals surface area contributed by atoms with Crippen LogP contribution in [0.4, 0.5) is 0 Å². The first kappa shape index (κ1) is 19.2. The number of hydrogen-bond acceptors (Lipinski definition) is 5. The summed E-state index contributed by atoms with van der Waals surface area (Å²) in [5.74, 6) is 1.28. The summed E-state index contributed by atoms with van der Waals surface area (Å²) in [6, 6.07) is 9.20. The number of carbonyl (C=O) groups excluding carboxylic acids is 1. The van der Waals surface area contributed by atoms with Crippen molar-refractivity contribution >= 4 is 5.91 Å². The van der Waals surface area contributed by atoms with Crippen LogP contribution >= 0.6 is 0 Å². The lowest BCUT2D eigenvalue weighted by Crippen LogP contribution is -2.40. The van der Waals surface area contributed by atoms with E-state index in [0.717, 1.165) is 6.42 Å². The normalized spacial score (nSPS) is 19.1. The molecule has 27 heavy (non-hydrogen) atoms. The number of nitrogens with one attached hydrogen (secondary N) is 1. The highest BCUT2D eigenvalue weighted by Crippen LogP contribution is 2.29. The maximum Gasteiger partial charge on any atom is 0.251 e. The molecule has 1 aromatic carbocycles. The van der Waals surface area contributed by atoms with E-state index in [1.165, 1.54) is 5.56 Å². The molecule has 1 fully saturated rings. The van der Waals surface area contributed by atoms with Crippen molar-refractivity contribution in [1.82, 2.24) is 10.3 Å². The molecule has 3 rings (SSSR count). The summed E-state index contributed by atoms with van der Waals surface area (Å²) >= 11 is 0. The van der Waals surface area contributed by atoms with Gasteiger partial charge in [-0.15, -0.1) is 0 Å². The zero-order chi connectivity index (χ0) is 19.2. The number of rotatable bonds is 7. The number of aromatic nitrogens is 1. The second kappa shape index (κ2) is 8.86. The van der Waals surface area contributed by atoms with Crippen molar-refractivity contribution in [2.45, 2.75) is 32.4 Å². The van der Waals surface area contributed by atoms with Crippen LogP contribution in [-0.4, -0.2) is 43.4 Å². The summed E-state index contributed by atoms with van der Waals surface area (Å²) in [7, 11) is 1.57. The van der Waals surface area contributed by atoms with Gasteiger partial charge in [-0.1, -0.05) is 0 Å². The van der Waals surface area contributed by atoms with Crippen LogP contribution in [0.25, 0.3) is 0 Å². The second-order valence-corrected chi connectivity index (χ2v) is 6.97. The number of pyridine rings is 1. The van der Waals surface area contributed by atoms with Crippen LogP contribution < -0.4 is 14.8 Å². The highest BCUT2D eigenvalue weighted by molar-refractivity contribution is 5.95. The van der Waals surface area contributed by atoms with E-state index in [0.29, 0.717) is 30.3 Å². The van der Waals surface area contributed by atoms with Gasteiger partial charge >= 0.3 is 0 Å². The second-order valence-electron chi connectivity index (χ2n) is 6.97. The van der Waals surface area contributed by atoms with E-state index < -0.39 is 0 Å². The summed E-state index contributed by atoms with van der Waals surface area (Å²) < 4.78 is 16.7. The quantitative estimate of drug-likeness (QED) is 0.812. The molecule has 1 aliphatic rings. The number of nitrogens with zero attached hydrogens (tertiary/aromatic N) is 1. The van der Waals surface area contributed by atoms with Crippen LogP contribution in [0.2, 0.25) is 0 Å². The number of carbonyl (C=O) groups is 1. The lowest BCUT2D eigenvalue weighted by molar-refractivity contribution is 0.0924. The number of methoxy groups -OCH3 is 1. The van der Waals surface area contributed by atoms with E-state index in [1.807, 2.05) is 26.0 Å². The van der Waals surface area contributed by atoms with Crippen molar-refractivity contribution in [2.75, 3.05) is 20.3 Å². The SMILES string of the molecule is COc1cc(C(=O)N[C@@H]2COC[C@H]2Cc2ccncc2)ccc1OC(C)C. The van der Waals surface area contributed by atoms with Crippen LogP contribution in [0.15, 0.2) is 42.7 Å². The van der Waals surface area contributed by atoms with Crippen LogP contribution in [0, 0.1) is 5.92 Å². The Labute approximate surface area is 159 Å². The van der Waals surface area contributed by atoms with E-state index in [2.05, 4.69) is 10.3 Å². The lowest BCUT2D eigenvalue weighted by Gasteiger charge is -2.20. The molecule has 0 radical (unpaired) electrons. The highest BCUT2D eigenvalue weighted by atomic mass is 16.5. The fourth-order valence-corrected chi connectivity index (χ4v) is 3.19. The van der Waals surface area contributed by atoms with Gasteiger partial charge in [0.2, 0.25) is 0 Å². The Hall–Kier alpha value is -2.60. The molecule has 1 saturated heterocycles. The first-order chi connectivity index (χ1) is 13.1. The number of ether oxygens (including phenoxy) is 3. The third kappa shape index (κ3) is 4.98. The standard InChI is InChI=1S/C21H26N2O4/c1-14(2)27-19-5-4-16(11-20(19)25-3)21(24)23-18-13-26-12-17(18)10-15-6-8-22-9-7-15/h4-9,11,14,17-18H,10,12-13H2,1-3H3,(H,23,24)/t17-,18-/m1/s1. The molecule has 1 amide bonds. The van der Waals surface area contributed by atoms with Gasteiger partial charge in [0, 0.05) is 23.9 Å². The molecule has 144 valence electrons. The van der Waals surface area contributed by atoms with E-state index in [9.17, 15) is 4.79 Å². The van der Waals surface area contributed by atoms with Gasteiger partial charge in [0.05, 0.1) is 32.5 Å². The molecule has 2 aromatic rings. The molecule has 0 bridgehead atoms. The molecule has 0 spiro atoms. The Balaban J connectivity index is 1.67. The third-order valence-electron chi connectivity index (χ3n) is 4.55. The molecule has 1 aliphatic heterocycles. The number of hydrogen-bond donors (Lipinski definition) is 1. The zero-order valence-electron chi connectivity index (χ0n) is 16.0. The molecule has 0 aliphatic carbocycles. The average Bonchev–Trinajstić information content (AvgIpc) is 3.09. The summed E-state index contributed by atoms with van der Waals surface area (Å²) in [5, 5.41) is 3.10. The Morgan fingerprint density at radius 2 is 2.00 bits per heavy atom. The number of amides is 1. The summed E-state index contributed by atoms with van der Waals surface area (Å²) in [6.07, 6.45) is 4.44. The van der Waals surface area contributed by atoms with Gasteiger partial charge in [-0.2, -0.15) is 0 Å². The zero-order valence-corrected chi connectivity index (χ0v) is 16.0. The molecular weight excluding hydrogens is 344 g/mol. The van der Waals surface area contributed by atoms with E-state index in [-0.39, 0.29) is 24.0 Å². The molecule has 1 aromatic heterocycles. The Bertz CT molecular complexity index is 764. The predicted molar refractivity (Wildman–Crippen MR) is 102 cm³/mol. The smallest absolute Gasteiger partial charge is 0.251 e. The van der Waals surface area contributed by atoms with Gasteiger partial charge in [-0.3, -0.25) is 9.78 Å². The van der Waals surface area contributed by atoms with Crippen LogP contribution in [0.3, 0.4) is 0 Å². The average molecular weight is 370 g/mol. The summed E-state index contributed by atoms with van der Waals surface area (Å²) in [4.78, 5) is 16.8. The maximum atomic E-state index is 12.7. The van der Waals surface area contributed by atoms with Crippen molar-refractivity contribution in [3.8, 4) is 11.5 Å². The largest absolute Gasteiger partial charge is 0.493 e. The molecule has 0 saturated carbocycles. The van der Waals surface area contributed by atoms with Gasteiger partial charge < -0.3 is 19.5 Å². The molecule has 2 atom stereocenters. The van der Waals surface area contributed by atoms with Gasteiger partial charge in [-0.25, -0.2) is 0 Å². The van der Waals surface area contributed by atoms with Crippen molar-refractivity contribution in [2.24, 2.45) is 5.92 Å². The van der Waals surface area contributed by atoms with Crippen molar-refractivity contribution in [3.63, 3.8) is 0 Å². The minimum absolute atomic E-state index is 0.0248. The summed E-state index contributed by atoms with van der Waals surface area (Å²) in [6.45, 7) is 5.05. The fraction of sp³-hybridized carbons (Fsp3) is 0.429. The predicted octanol–water partition coefficient (Wildman–Crippen LogP) is 2.86. The molecule has 1 N–H and O–H groups in total. The van der Waals surface area contributed by atoms with Gasteiger partial charge in [0.1, 0.15) is 0 Å². The lowest BCUT2D eigenvalue weighted by atomic mass is 9.95.